The van der Waals surface area contributed by atoms with Crippen molar-refractivity contribution >= 4 is 39.7 Å². The SMILES string of the molecule is CCOc1cc(CNn2c(-c3ccccc3OC)n[nH]c2=S)cc(Br)c1OCC(=O)Nc1ccc(C)cc1. The summed E-state index contributed by atoms with van der Waals surface area (Å²) in [6.45, 7) is 4.54. The Morgan fingerprint density at radius 1 is 1.11 bits per heavy atom. The van der Waals surface area contributed by atoms with Gasteiger partial charge in [0.15, 0.2) is 23.9 Å². The van der Waals surface area contributed by atoms with Crippen molar-refractivity contribution in [1.29, 1.82) is 0 Å². The number of aromatic nitrogens is 3. The van der Waals surface area contributed by atoms with Gasteiger partial charge in [0.1, 0.15) is 5.75 Å². The number of H-pyrrole nitrogens is 1. The van der Waals surface area contributed by atoms with Crippen molar-refractivity contribution in [2.24, 2.45) is 0 Å². The molecule has 198 valence electrons. The molecular formula is C27H28BrN5O4S. The predicted octanol–water partition coefficient (Wildman–Crippen LogP) is 5.85. The second kappa shape index (κ2) is 12.6. The van der Waals surface area contributed by atoms with Crippen molar-refractivity contribution in [3.63, 3.8) is 0 Å². The molecule has 38 heavy (non-hydrogen) atoms. The molecule has 3 aromatic carbocycles. The molecule has 4 rings (SSSR count). The fourth-order valence-electron chi connectivity index (χ4n) is 3.72. The molecule has 0 spiro atoms. The van der Waals surface area contributed by atoms with E-state index in [2.05, 4.69) is 36.9 Å². The van der Waals surface area contributed by atoms with Crippen LogP contribution in [0.15, 0.2) is 65.1 Å². The van der Waals surface area contributed by atoms with Gasteiger partial charge in [-0.15, -0.1) is 0 Å². The molecule has 1 amide bonds. The Kier molecular flexibility index (Phi) is 9.03. The quantitative estimate of drug-likeness (QED) is 0.186. The summed E-state index contributed by atoms with van der Waals surface area (Å²) < 4.78 is 19.9. The normalized spacial score (nSPS) is 10.6. The summed E-state index contributed by atoms with van der Waals surface area (Å²) in [6.07, 6.45) is 0. The van der Waals surface area contributed by atoms with Gasteiger partial charge >= 0.3 is 0 Å². The highest BCUT2D eigenvalue weighted by atomic mass is 79.9. The number of nitrogens with one attached hydrogen (secondary N) is 3. The number of nitrogens with zero attached hydrogens (tertiary/aromatic N) is 2. The number of rotatable bonds is 11. The number of amides is 1. The Morgan fingerprint density at radius 2 is 1.87 bits per heavy atom. The topological polar surface area (TPSA) is 102 Å². The number of aryl methyl sites for hydroxylation is 1. The summed E-state index contributed by atoms with van der Waals surface area (Å²) >= 11 is 9.01. The van der Waals surface area contributed by atoms with E-state index in [4.69, 9.17) is 26.4 Å². The first kappa shape index (κ1) is 27.2. The van der Waals surface area contributed by atoms with Crippen molar-refractivity contribution in [3.8, 4) is 28.6 Å². The maximum absolute atomic E-state index is 12.4. The van der Waals surface area contributed by atoms with Gasteiger partial charge in [-0.2, -0.15) is 5.10 Å². The number of para-hydroxylation sites is 1. The van der Waals surface area contributed by atoms with E-state index in [1.165, 1.54) is 0 Å². The van der Waals surface area contributed by atoms with Gasteiger partial charge in [-0.25, -0.2) is 9.77 Å². The fourth-order valence-corrected chi connectivity index (χ4v) is 4.52. The lowest BCUT2D eigenvalue weighted by Crippen LogP contribution is -2.20. The van der Waals surface area contributed by atoms with Crippen molar-refractivity contribution in [3.05, 3.63) is 81.0 Å². The Balaban J connectivity index is 1.49. The molecule has 0 radical (unpaired) electrons. The van der Waals surface area contributed by atoms with Crippen LogP contribution < -0.4 is 25.0 Å². The van der Waals surface area contributed by atoms with E-state index in [0.717, 1.165) is 16.7 Å². The highest BCUT2D eigenvalue weighted by Crippen LogP contribution is 2.37. The third-order valence-corrected chi connectivity index (χ3v) is 6.38. The molecule has 3 N–H and O–H groups in total. The summed E-state index contributed by atoms with van der Waals surface area (Å²) in [4.78, 5) is 12.4. The minimum absolute atomic E-state index is 0.170. The molecule has 1 aromatic heterocycles. The molecule has 0 atom stereocenters. The molecule has 0 fully saturated rings. The summed E-state index contributed by atoms with van der Waals surface area (Å²) in [7, 11) is 1.61. The maximum atomic E-state index is 12.4. The zero-order valence-corrected chi connectivity index (χ0v) is 23.6. The van der Waals surface area contributed by atoms with Crippen LogP contribution in [0.3, 0.4) is 0 Å². The molecule has 0 aliphatic heterocycles. The Bertz CT molecular complexity index is 1470. The van der Waals surface area contributed by atoms with Crippen LogP contribution >= 0.6 is 28.1 Å². The summed E-state index contributed by atoms with van der Waals surface area (Å²) in [5, 5.41) is 10.0. The summed E-state index contributed by atoms with van der Waals surface area (Å²) in [5.74, 6) is 1.97. The van der Waals surface area contributed by atoms with Gasteiger partial charge in [0, 0.05) is 5.69 Å². The van der Waals surface area contributed by atoms with Crippen LogP contribution in [-0.2, 0) is 11.3 Å². The predicted molar refractivity (Wildman–Crippen MR) is 153 cm³/mol. The van der Waals surface area contributed by atoms with Crippen LogP contribution in [0, 0.1) is 11.7 Å². The molecule has 0 aliphatic carbocycles. The van der Waals surface area contributed by atoms with E-state index in [9.17, 15) is 4.79 Å². The third kappa shape index (κ3) is 6.53. The van der Waals surface area contributed by atoms with E-state index in [-0.39, 0.29) is 12.5 Å². The van der Waals surface area contributed by atoms with Crippen LogP contribution in [-0.4, -0.2) is 41.1 Å². The average molecular weight is 599 g/mol. The second-order valence-electron chi connectivity index (χ2n) is 8.26. The largest absolute Gasteiger partial charge is 0.496 e. The molecule has 0 saturated carbocycles. The highest BCUT2D eigenvalue weighted by molar-refractivity contribution is 9.10. The number of carbonyl (C=O) groups excluding carboxylic acids is 1. The van der Waals surface area contributed by atoms with Gasteiger partial charge in [0.05, 0.1) is 30.3 Å². The number of hydrogen-bond donors (Lipinski definition) is 3. The Morgan fingerprint density at radius 3 is 2.61 bits per heavy atom. The van der Waals surface area contributed by atoms with Gasteiger partial charge in [0.25, 0.3) is 5.91 Å². The lowest BCUT2D eigenvalue weighted by Gasteiger charge is -2.17. The zero-order valence-electron chi connectivity index (χ0n) is 21.2. The number of carbonyl (C=O) groups is 1. The standard InChI is InChI=1S/C27H28BrN5O4S/c1-4-36-23-14-18(13-21(28)25(23)37-16-24(34)30-19-11-9-17(2)10-12-19)15-29-33-26(31-32-27(33)38)20-7-5-6-8-22(20)35-3/h5-14,29H,4,15-16H2,1-3H3,(H,30,34)(H,32,38). The molecule has 9 nitrogen and oxygen atoms in total. The van der Waals surface area contributed by atoms with Gasteiger partial charge < -0.3 is 25.0 Å². The van der Waals surface area contributed by atoms with Crippen LogP contribution in [0.5, 0.6) is 17.2 Å². The first-order valence-corrected chi connectivity index (χ1v) is 13.1. The summed E-state index contributed by atoms with van der Waals surface area (Å²) in [6, 6.07) is 18.9. The lowest BCUT2D eigenvalue weighted by atomic mass is 10.2. The van der Waals surface area contributed by atoms with Crippen LogP contribution in [0.25, 0.3) is 11.4 Å². The van der Waals surface area contributed by atoms with Crippen molar-refractivity contribution in [2.45, 2.75) is 20.4 Å². The van der Waals surface area contributed by atoms with Crippen molar-refractivity contribution < 1.29 is 19.0 Å². The van der Waals surface area contributed by atoms with Gasteiger partial charge in [-0.05, 0) is 84.0 Å². The molecule has 1 heterocycles. The fraction of sp³-hybridized carbons (Fsp3) is 0.222. The van der Waals surface area contributed by atoms with E-state index >= 15 is 0 Å². The van der Waals surface area contributed by atoms with E-state index < -0.39 is 0 Å². The van der Waals surface area contributed by atoms with Crippen molar-refractivity contribution in [1.82, 2.24) is 14.9 Å². The molecule has 0 saturated heterocycles. The van der Waals surface area contributed by atoms with Gasteiger partial charge in [-0.1, -0.05) is 29.8 Å². The van der Waals surface area contributed by atoms with Crippen LogP contribution in [0.4, 0.5) is 5.69 Å². The molecule has 11 heteroatoms. The molecule has 0 unspecified atom stereocenters. The first-order chi connectivity index (χ1) is 18.4. The number of halogens is 1. The molecule has 4 aromatic rings. The minimum atomic E-state index is -0.271. The smallest absolute Gasteiger partial charge is 0.262 e. The summed E-state index contributed by atoms with van der Waals surface area (Å²) in [5.41, 5.74) is 6.82. The third-order valence-electron chi connectivity index (χ3n) is 5.51. The highest BCUT2D eigenvalue weighted by Gasteiger charge is 2.16. The van der Waals surface area contributed by atoms with E-state index in [0.29, 0.717) is 51.2 Å². The monoisotopic (exact) mass is 597 g/mol. The molecule has 0 bridgehead atoms. The van der Waals surface area contributed by atoms with E-state index in [1.54, 1.807) is 11.8 Å². The van der Waals surface area contributed by atoms with Crippen LogP contribution in [0.1, 0.15) is 18.1 Å². The van der Waals surface area contributed by atoms with Crippen molar-refractivity contribution in [2.75, 3.05) is 31.1 Å². The van der Waals surface area contributed by atoms with Gasteiger partial charge in [0.2, 0.25) is 4.77 Å². The number of hydrogen-bond acceptors (Lipinski definition) is 7. The second-order valence-corrected chi connectivity index (χ2v) is 9.50. The lowest BCUT2D eigenvalue weighted by molar-refractivity contribution is -0.118. The van der Waals surface area contributed by atoms with Gasteiger partial charge in [-0.3, -0.25) is 4.79 Å². The molecular weight excluding hydrogens is 570 g/mol. The first-order valence-electron chi connectivity index (χ1n) is 11.9. The maximum Gasteiger partial charge on any atom is 0.262 e. The zero-order chi connectivity index (χ0) is 27.1. The van der Waals surface area contributed by atoms with Crippen LogP contribution in [0.2, 0.25) is 0 Å². The molecule has 0 aliphatic rings. The van der Waals surface area contributed by atoms with E-state index in [1.807, 2.05) is 74.5 Å². The number of benzene rings is 3. The number of ether oxygens (including phenoxy) is 3. The number of anilines is 1. The number of aromatic amines is 1. The minimum Gasteiger partial charge on any atom is -0.496 e. The number of methoxy groups -OCH3 is 1. The average Bonchev–Trinajstić information content (AvgIpc) is 3.28. The Labute approximate surface area is 234 Å². The Hall–Kier alpha value is -3.83.